The molecule has 0 aliphatic carbocycles. The fraction of sp³-hybridized carbons (Fsp3) is 0.722. The van der Waals surface area contributed by atoms with Crippen LogP contribution in [0.2, 0.25) is 0 Å². The minimum atomic E-state index is -0.0869. The van der Waals surface area contributed by atoms with Crippen molar-refractivity contribution in [3.8, 4) is 0 Å². The van der Waals surface area contributed by atoms with Crippen LogP contribution < -0.4 is 0 Å². The lowest BCUT2D eigenvalue weighted by atomic mass is 9.89. The number of likely N-dealkylation sites (N-methyl/N-ethyl adjacent to an activating group) is 1. The van der Waals surface area contributed by atoms with E-state index in [1.54, 1.807) is 19.0 Å². The predicted octanol–water partition coefficient (Wildman–Crippen LogP) is 2.28. The highest BCUT2D eigenvalue weighted by Crippen LogP contribution is 2.36. The third kappa shape index (κ3) is 4.36. The number of amides is 1. The van der Waals surface area contributed by atoms with Crippen molar-refractivity contribution in [1.29, 1.82) is 0 Å². The van der Waals surface area contributed by atoms with E-state index in [1.165, 1.54) is 9.75 Å². The third-order valence-corrected chi connectivity index (χ3v) is 5.90. The third-order valence-electron chi connectivity index (χ3n) is 4.91. The minimum absolute atomic E-state index is 0.00860. The summed E-state index contributed by atoms with van der Waals surface area (Å²) in [6, 6.07) is 4.42. The lowest BCUT2D eigenvalue weighted by Gasteiger charge is -2.39. The molecule has 0 N–H and O–H groups in total. The van der Waals surface area contributed by atoms with Crippen molar-refractivity contribution < 1.29 is 14.3 Å². The van der Waals surface area contributed by atoms with Crippen LogP contribution in [0.3, 0.4) is 0 Å². The van der Waals surface area contributed by atoms with Crippen molar-refractivity contribution in [3.05, 3.63) is 21.9 Å². The molecule has 3 rings (SSSR count). The highest BCUT2D eigenvalue weighted by Gasteiger charge is 2.44. The van der Waals surface area contributed by atoms with E-state index in [1.807, 2.05) is 11.3 Å². The van der Waals surface area contributed by atoms with E-state index >= 15 is 0 Å². The summed E-state index contributed by atoms with van der Waals surface area (Å²) in [6.07, 6.45) is 3.19. The van der Waals surface area contributed by atoms with Gasteiger partial charge in [-0.2, -0.15) is 0 Å². The van der Waals surface area contributed by atoms with Crippen LogP contribution in [0.15, 0.2) is 12.1 Å². The number of nitrogens with zero attached hydrogens (tertiary/aromatic N) is 2. The first-order chi connectivity index (χ1) is 11.5. The Bertz CT molecular complexity index is 574. The number of ether oxygens (including phenoxy) is 2. The molecule has 0 saturated carbocycles. The zero-order valence-electron chi connectivity index (χ0n) is 14.9. The largest absolute Gasteiger partial charge is 0.371 e. The molecular weight excluding hydrogens is 324 g/mol. The van der Waals surface area contributed by atoms with Gasteiger partial charge in [-0.1, -0.05) is 0 Å². The summed E-state index contributed by atoms with van der Waals surface area (Å²) >= 11 is 1.88. The molecule has 0 unspecified atom stereocenters. The lowest BCUT2D eigenvalue weighted by Crippen LogP contribution is -2.47. The maximum atomic E-state index is 11.7. The monoisotopic (exact) mass is 352 g/mol. The topological polar surface area (TPSA) is 42.0 Å². The van der Waals surface area contributed by atoms with Crippen LogP contribution in [0.25, 0.3) is 0 Å². The molecule has 2 atom stereocenters. The van der Waals surface area contributed by atoms with Crippen molar-refractivity contribution in [3.63, 3.8) is 0 Å². The van der Waals surface area contributed by atoms with Crippen LogP contribution in [0, 0.1) is 6.92 Å². The molecule has 1 amide bonds. The Kier molecular flexibility index (Phi) is 5.59. The number of thiophene rings is 1. The summed E-state index contributed by atoms with van der Waals surface area (Å²) in [4.78, 5) is 18.5. The minimum Gasteiger partial charge on any atom is -0.371 e. The average Bonchev–Trinajstić information content (AvgIpc) is 3.11. The van der Waals surface area contributed by atoms with Crippen molar-refractivity contribution >= 4 is 17.2 Å². The van der Waals surface area contributed by atoms with Crippen LogP contribution in [0.1, 0.15) is 29.0 Å². The molecule has 1 spiro atoms. The molecule has 3 heterocycles. The maximum absolute atomic E-state index is 11.7. The molecule has 1 aromatic heterocycles. The molecule has 0 bridgehead atoms. The predicted molar refractivity (Wildman–Crippen MR) is 95.3 cm³/mol. The zero-order valence-corrected chi connectivity index (χ0v) is 15.7. The van der Waals surface area contributed by atoms with E-state index < -0.39 is 0 Å². The van der Waals surface area contributed by atoms with Gasteiger partial charge in [0.25, 0.3) is 0 Å². The van der Waals surface area contributed by atoms with Crippen molar-refractivity contribution in [2.75, 3.05) is 40.4 Å². The number of aryl methyl sites for hydroxylation is 1. The zero-order chi connectivity index (χ0) is 17.2. The van der Waals surface area contributed by atoms with Crippen LogP contribution >= 0.6 is 11.3 Å². The van der Waals surface area contributed by atoms with Gasteiger partial charge in [-0.15, -0.1) is 11.3 Å². The number of likely N-dealkylation sites (tertiary alicyclic amines) is 1. The van der Waals surface area contributed by atoms with E-state index in [0.29, 0.717) is 6.61 Å². The molecule has 5 nitrogen and oxygen atoms in total. The van der Waals surface area contributed by atoms with Gasteiger partial charge in [-0.05, 0) is 38.4 Å². The molecule has 2 aliphatic rings. The molecule has 2 saturated heterocycles. The second-order valence-electron chi connectivity index (χ2n) is 7.25. The first kappa shape index (κ1) is 17.9. The molecule has 0 radical (unpaired) electrons. The Hall–Kier alpha value is -0.950. The highest BCUT2D eigenvalue weighted by molar-refractivity contribution is 7.11. The van der Waals surface area contributed by atoms with Gasteiger partial charge in [0.1, 0.15) is 6.61 Å². The highest BCUT2D eigenvalue weighted by atomic mass is 32.1. The Balaban J connectivity index is 1.51. The Morgan fingerprint density at radius 2 is 2.33 bits per heavy atom. The molecule has 24 heavy (non-hydrogen) atoms. The van der Waals surface area contributed by atoms with Gasteiger partial charge < -0.3 is 14.4 Å². The van der Waals surface area contributed by atoms with Crippen LogP contribution in [-0.2, 0) is 20.8 Å². The fourth-order valence-electron chi connectivity index (χ4n) is 3.63. The molecule has 2 aliphatic heterocycles. The number of hydrogen-bond acceptors (Lipinski definition) is 5. The van der Waals surface area contributed by atoms with Gasteiger partial charge in [0, 0.05) is 43.4 Å². The first-order valence-electron chi connectivity index (χ1n) is 8.69. The second kappa shape index (κ2) is 7.52. The number of hydrogen-bond donors (Lipinski definition) is 0. The fourth-order valence-corrected chi connectivity index (χ4v) is 4.56. The van der Waals surface area contributed by atoms with E-state index in [9.17, 15) is 4.79 Å². The number of piperidine rings is 1. The molecule has 0 aromatic carbocycles. The van der Waals surface area contributed by atoms with Crippen LogP contribution in [0.4, 0.5) is 0 Å². The van der Waals surface area contributed by atoms with Crippen molar-refractivity contribution in [2.24, 2.45) is 0 Å². The van der Waals surface area contributed by atoms with Gasteiger partial charge in [0.2, 0.25) is 5.91 Å². The molecule has 6 heteroatoms. The summed E-state index contributed by atoms with van der Waals surface area (Å²) < 4.78 is 11.9. The van der Waals surface area contributed by atoms with Gasteiger partial charge >= 0.3 is 0 Å². The summed E-state index contributed by atoms with van der Waals surface area (Å²) in [5.74, 6) is 0.00860. The van der Waals surface area contributed by atoms with E-state index in [4.69, 9.17) is 9.47 Å². The van der Waals surface area contributed by atoms with E-state index in [-0.39, 0.29) is 24.2 Å². The maximum Gasteiger partial charge on any atom is 0.248 e. The summed E-state index contributed by atoms with van der Waals surface area (Å²) in [7, 11) is 3.51. The smallest absolute Gasteiger partial charge is 0.248 e. The molecule has 134 valence electrons. The quantitative estimate of drug-likeness (QED) is 0.815. The van der Waals surface area contributed by atoms with Gasteiger partial charge in [0.15, 0.2) is 0 Å². The Labute approximate surface area is 148 Å². The molecule has 2 fully saturated rings. The van der Waals surface area contributed by atoms with Crippen molar-refractivity contribution in [2.45, 2.75) is 44.4 Å². The number of rotatable bonds is 5. The van der Waals surface area contributed by atoms with Gasteiger partial charge in [0.05, 0.1) is 18.3 Å². The number of carbonyl (C=O) groups is 1. The first-order valence-corrected chi connectivity index (χ1v) is 9.51. The Morgan fingerprint density at radius 3 is 3.04 bits per heavy atom. The standard InChI is InChI=1S/C18H28N2O3S/c1-14-5-6-16(24-14)10-20-8-4-7-18(13-20)9-15(11-23-18)22-12-17(21)19(2)3/h5-6,15H,4,7-13H2,1-3H3/t15-,18+/m1/s1. The van der Waals surface area contributed by atoms with Crippen LogP contribution in [-0.4, -0.2) is 67.8 Å². The van der Waals surface area contributed by atoms with E-state index in [2.05, 4.69) is 24.0 Å². The van der Waals surface area contributed by atoms with Gasteiger partial charge in [-0.3, -0.25) is 9.69 Å². The molecular formula is C18H28N2O3S. The SMILES string of the molecule is Cc1ccc(CN2CCC[C@]3(C[C@@H](OCC(=O)N(C)C)CO3)C2)s1. The molecule has 1 aromatic rings. The second-order valence-corrected chi connectivity index (χ2v) is 8.62. The average molecular weight is 353 g/mol. The van der Waals surface area contributed by atoms with E-state index in [0.717, 1.165) is 38.9 Å². The van der Waals surface area contributed by atoms with Crippen LogP contribution in [0.5, 0.6) is 0 Å². The number of carbonyl (C=O) groups excluding carboxylic acids is 1. The van der Waals surface area contributed by atoms with Crippen molar-refractivity contribution in [1.82, 2.24) is 9.80 Å². The normalized spacial score (nSPS) is 27.7. The lowest BCUT2D eigenvalue weighted by molar-refractivity contribution is -0.135. The van der Waals surface area contributed by atoms with Gasteiger partial charge in [-0.25, -0.2) is 0 Å². The summed E-state index contributed by atoms with van der Waals surface area (Å²) in [5, 5.41) is 0. The summed E-state index contributed by atoms with van der Waals surface area (Å²) in [5.41, 5.74) is -0.0869. The summed E-state index contributed by atoms with van der Waals surface area (Å²) in [6.45, 7) is 6.01. The Morgan fingerprint density at radius 1 is 1.50 bits per heavy atom.